The van der Waals surface area contributed by atoms with Crippen LogP contribution in [0, 0.1) is 0 Å². The maximum atomic E-state index is 6.02. The quantitative estimate of drug-likeness (QED) is 0.893. The van der Waals surface area contributed by atoms with Crippen LogP contribution in [-0.2, 0) is 0 Å². The fourth-order valence-electron chi connectivity index (χ4n) is 3.93. The van der Waals surface area contributed by atoms with Crippen LogP contribution in [0.4, 0.5) is 5.69 Å². The Morgan fingerprint density at radius 3 is 2.40 bits per heavy atom. The lowest BCUT2D eigenvalue weighted by molar-refractivity contribution is 0.246. The van der Waals surface area contributed by atoms with E-state index < -0.39 is 0 Å². The highest BCUT2D eigenvalue weighted by Gasteiger charge is 2.37. The molecule has 2 saturated heterocycles. The molecule has 2 bridgehead atoms. The normalized spacial score (nSPS) is 29.5. The van der Waals surface area contributed by atoms with Crippen molar-refractivity contribution in [1.29, 1.82) is 0 Å². The third kappa shape index (κ3) is 2.96. The maximum absolute atomic E-state index is 6.02. The van der Waals surface area contributed by atoms with Crippen molar-refractivity contribution in [3.63, 3.8) is 0 Å². The Kier molecular flexibility index (Phi) is 4.52. The Bertz CT molecular complexity index is 417. The van der Waals surface area contributed by atoms with Crippen LogP contribution in [0.25, 0.3) is 0 Å². The fourth-order valence-corrected chi connectivity index (χ4v) is 4.06. The van der Waals surface area contributed by atoms with Crippen molar-refractivity contribution < 1.29 is 0 Å². The molecule has 110 valence electrons. The zero-order valence-corrected chi connectivity index (χ0v) is 13.1. The molecule has 1 N–H and O–H groups in total. The monoisotopic (exact) mass is 292 g/mol. The van der Waals surface area contributed by atoms with E-state index in [4.69, 9.17) is 11.6 Å². The second-order valence-corrected chi connectivity index (χ2v) is 6.68. The number of piperidine rings is 2. The number of rotatable bonds is 4. The number of nitrogens with one attached hydrogen (secondary N) is 1. The van der Waals surface area contributed by atoms with Crippen LogP contribution in [-0.4, -0.2) is 24.7 Å². The van der Waals surface area contributed by atoms with Crippen LogP contribution in [0.15, 0.2) is 24.3 Å². The minimum atomic E-state index is 0.707. The minimum absolute atomic E-state index is 0.707. The topological polar surface area (TPSA) is 15.3 Å². The lowest BCUT2D eigenvalue weighted by Gasteiger charge is -2.50. The summed E-state index contributed by atoms with van der Waals surface area (Å²) in [6.07, 6.45) is 7.87. The van der Waals surface area contributed by atoms with Gasteiger partial charge in [-0.25, -0.2) is 0 Å². The number of hydrogen-bond acceptors (Lipinski definition) is 2. The zero-order chi connectivity index (χ0) is 13.9. The van der Waals surface area contributed by atoms with E-state index in [0.29, 0.717) is 18.1 Å². The number of benzene rings is 1. The van der Waals surface area contributed by atoms with Crippen molar-refractivity contribution >= 4 is 17.3 Å². The molecule has 1 aromatic rings. The summed E-state index contributed by atoms with van der Waals surface area (Å²) in [7, 11) is 0. The lowest BCUT2D eigenvalue weighted by atomic mass is 9.81. The molecule has 0 aliphatic carbocycles. The van der Waals surface area contributed by atoms with Crippen molar-refractivity contribution in [3.8, 4) is 0 Å². The van der Waals surface area contributed by atoms with Crippen LogP contribution < -0.4 is 10.2 Å². The second-order valence-electron chi connectivity index (χ2n) is 6.24. The summed E-state index contributed by atoms with van der Waals surface area (Å²) in [6, 6.07) is 10.5. The number of nitrogens with zero attached hydrogens (tertiary/aromatic N) is 1. The van der Waals surface area contributed by atoms with Crippen molar-refractivity contribution in [2.45, 2.75) is 63.6 Å². The molecule has 2 unspecified atom stereocenters. The van der Waals surface area contributed by atoms with Crippen LogP contribution in [0.1, 0.15) is 45.4 Å². The fraction of sp³-hybridized carbons (Fsp3) is 0.647. The molecule has 2 aliphatic heterocycles. The molecule has 0 aromatic heterocycles. The van der Waals surface area contributed by atoms with Gasteiger partial charge in [-0.1, -0.05) is 18.5 Å². The maximum Gasteiger partial charge on any atom is 0.0407 e. The van der Waals surface area contributed by atoms with Crippen LogP contribution in [0.2, 0.25) is 5.02 Å². The van der Waals surface area contributed by atoms with Gasteiger partial charge in [0.25, 0.3) is 0 Å². The summed E-state index contributed by atoms with van der Waals surface area (Å²) in [5.74, 6) is 0. The highest BCUT2D eigenvalue weighted by Crippen LogP contribution is 2.38. The highest BCUT2D eigenvalue weighted by atomic mass is 35.5. The van der Waals surface area contributed by atoms with Gasteiger partial charge < -0.3 is 10.2 Å². The number of halogens is 1. The third-order valence-electron chi connectivity index (χ3n) is 4.78. The Balaban J connectivity index is 1.74. The summed E-state index contributed by atoms with van der Waals surface area (Å²) < 4.78 is 0. The Labute approximate surface area is 127 Å². The molecule has 3 heteroatoms. The molecule has 1 aromatic carbocycles. The molecule has 0 saturated carbocycles. The van der Waals surface area contributed by atoms with E-state index in [-0.39, 0.29) is 0 Å². The minimum Gasteiger partial charge on any atom is -0.365 e. The summed E-state index contributed by atoms with van der Waals surface area (Å²) in [5, 5.41) is 4.57. The highest BCUT2D eigenvalue weighted by molar-refractivity contribution is 6.30. The average Bonchev–Trinajstić information content (AvgIpc) is 2.45. The van der Waals surface area contributed by atoms with Crippen LogP contribution in [0.5, 0.6) is 0 Å². The summed E-state index contributed by atoms with van der Waals surface area (Å²) in [4.78, 5) is 2.67. The van der Waals surface area contributed by atoms with Gasteiger partial charge in [0.2, 0.25) is 0 Å². The summed E-state index contributed by atoms with van der Waals surface area (Å²) in [5.41, 5.74) is 1.36. The average molecular weight is 293 g/mol. The van der Waals surface area contributed by atoms with E-state index in [9.17, 15) is 0 Å². The summed E-state index contributed by atoms with van der Waals surface area (Å²) >= 11 is 6.02. The van der Waals surface area contributed by atoms with Gasteiger partial charge in [-0.3, -0.25) is 0 Å². The predicted octanol–water partition coefficient (Wildman–Crippen LogP) is 4.23. The first kappa shape index (κ1) is 14.2. The molecule has 0 spiro atoms. The molecule has 2 nitrogen and oxygen atoms in total. The number of hydrogen-bond donors (Lipinski definition) is 1. The van der Waals surface area contributed by atoms with Gasteiger partial charge in [0.15, 0.2) is 0 Å². The van der Waals surface area contributed by atoms with Crippen LogP contribution in [0.3, 0.4) is 0 Å². The van der Waals surface area contributed by atoms with Gasteiger partial charge in [0, 0.05) is 28.8 Å². The Hall–Kier alpha value is -0.730. The van der Waals surface area contributed by atoms with Gasteiger partial charge >= 0.3 is 0 Å². The first-order valence-corrected chi connectivity index (χ1v) is 8.43. The van der Waals surface area contributed by atoms with Gasteiger partial charge in [-0.05, 0) is 69.3 Å². The van der Waals surface area contributed by atoms with E-state index >= 15 is 0 Å². The molecule has 0 radical (unpaired) electrons. The van der Waals surface area contributed by atoms with Gasteiger partial charge in [-0.2, -0.15) is 0 Å². The molecule has 2 atom stereocenters. The lowest BCUT2D eigenvalue weighted by Crippen LogP contribution is -2.56. The SMILES string of the molecule is CCCNC1CC2CCCC(C1)N2c1ccc(Cl)cc1. The van der Waals surface area contributed by atoms with Crippen molar-refractivity contribution in [1.82, 2.24) is 5.32 Å². The summed E-state index contributed by atoms with van der Waals surface area (Å²) in [6.45, 7) is 3.40. The molecular formula is C17H25ClN2. The van der Waals surface area contributed by atoms with Crippen molar-refractivity contribution in [3.05, 3.63) is 29.3 Å². The van der Waals surface area contributed by atoms with E-state index in [0.717, 1.165) is 11.6 Å². The predicted molar refractivity (Wildman–Crippen MR) is 86.7 cm³/mol. The number of fused-ring (bicyclic) bond motifs is 2. The van der Waals surface area contributed by atoms with E-state index in [2.05, 4.69) is 29.3 Å². The largest absolute Gasteiger partial charge is 0.365 e. The molecule has 20 heavy (non-hydrogen) atoms. The Morgan fingerprint density at radius 2 is 1.80 bits per heavy atom. The molecule has 3 rings (SSSR count). The molecule has 2 aliphatic rings. The first-order valence-electron chi connectivity index (χ1n) is 8.05. The molecule has 2 fully saturated rings. The van der Waals surface area contributed by atoms with E-state index in [1.54, 1.807) is 0 Å². The van der Waals surface area contributed by atoms with Gasteiger partial charge in [-0.15, -0.1) is 0 Å². The Morgan fingerprint density at radius 1 is 1.15 bits per heavy atom. The van der Waals surface area contributed by atoms with E-state index in [1.807, 2.05) is 12.1 Å². The molecular weight excluding hydrogens is 268 g/mol. The molecule has 2 heterocycles. The van der Waals surface area contributed by atoms with Gasteiger partial charge in [0.1, 0.15) is 0 Å². The zero-order valence-electron chi connectivity index (χ0n) is 12.3. The smallest absolute Gasteiger partial charge is 0.0407 e. The van der Waals surface area contributed by atoms with Crippen molar-refractivity contribution in [2.75, 3.05) is 11.4 Å². The second kappa shape index (κ2) is 6.36. The van der Waals surface area contributed by atoms with Crippen LogP contribution >= 0.6 is 11.6 Å². The standard InChI is InChI=1S/C17H25ClN2/c1-2-10-19-14-11-16-4-3-5-17(12-14)20(16)15-8-6-13(18)7-9-15/h6-9,14,16-17,19H,2-5,10-12H2,1H3. The molecule has 0 amide bonds. The van der Waals surface area contributed by atoms with Gasteiger partial charge in [0.05, 0.1) is 0 Å². The van der Waals surface area contributed by atoms with Crippen molar-refractivity contribution in [2.24, 2.45) is 0 Å². The third-order valence-corrected chi connectivity index (χ3v) is 5.03. The first-order chi connectivity index (χ1) is 9.78. The van der Waals surface area contributed by atoms with E-state index in [1.165, 1.54) is 44.2 Å². The number of anilines is 1.